The van der Waals surface area contributed by atoms with E-state index in [1.165, 1.54) is 7.11 Å². The summed E-state index contributed by atoms with van der Waals surface area (Å²) in [6, 6.07) is 10.1. The molecule has 0 unspecified atom stereocenters. The molecule has 28 heavy (non-hydrogen) atoms. The molecule has 3 rings (SSSR count). The van der Waals surface area contributed by atoms with Crippen molar-refractivity contribution in [2.75, 3.05) is 13.7 Å². The summed E-state index contributed by atoms with van der Waals surface area (Å²) >= 11 is 0. The summed E-state index contributed by atoms with van der Waals surface area (Å²) < 4.78 is 5.21. The summed E-state index contributed by atoms with van der Waals surface area (Å²) in [5.41, 5.74) is 2.79. The van der Waals surface area contributed by atoms with Crippen LogP contribution in [0.5, 0.6) is 5.75 Å². The Morgan fingerprint density at radius 3 is 2.43 bits per heavy atom. The van der Waals surface area contributed by atoms with E-state index in [1.807, 2.05) is 32.9 Å². The zero-order valence-electron chi connectivity index (χ0n) is 16.8. The number of ketones is 1. The molecule has 1 saturated heterocycles. The summed E-state index contributed by atoms with van der Waals surface area (Å²) in [6.07, 6.45) is 0. The molecule has 0 aliphatic carbocycles. The van der Waals surface area contributed by atoms with Gasteiger partial charge in [-0.15, -0.1) is 0 Å². The molecule has 3 amide bonds. The molecule has 1 atom stereocenters. The number of methoxy groups -OCH3 is 1. The fraction of sp³-hybridized carbons (Fsp3) is 0.318. The largest absolute Gasteiger partial charge is 0.497 e. The zero-order valence-corrected chi connectivity index (χ0v) is 16.8. The minimum atomic E-state index is -1.25. The Hall–Kier alpha value is -3.15. The highest BCUT2D eigenvalue weighted by atomic mass is 16.5. The number of urea groups is 1. The number of imide groups is 1. The van der Waals surface area contributed by atoms with Gasteiger partial charge in [-0.1, -0.05) is 18.2 Å². The minimum absolute atomic E-state index is 0.265. The molecule has 146 valence electrons. The highest BCUT2D eigenvalue weighted by Crippen LogP contribution is 2.31. The lowest BCUT2D eigenvalue weighted by atomic mass is 9.91. The number of amides is 3. The maximum Gasteiger partial charge on any atom is 0.325 e. The molecule has 2 aromatic rings. The van der Waals surface area contributed by atoms with Gasteiger partial charge in [-0.3, -0.25) is 14.5 Å². The van der Waals surface area contributed by atoms with Crippen LogP contribution in [0.25, 0.3) is 0 Å². The average molecular weight is 380 g/mol. The number of nitrogens with zero attached hydrogens (tertiary/aromatic N) is 1. The first-order valence-corrected chi connectivity index (χ1v) is 9.07. The molecule has 6 nitrogen and oxygen atoms in total. The number of aryl methyl sites for hydroxylation is 3. The van der Waals surface area contributed by atoms with Crippen molar-refractivity contribution >= 4 is 17.7 Å². The van der Waals surface area contributed by atoms with E-state index in [9.17, 15) is 14.4 Å². The molecule has 1 aliphatic heterocycles. The van der Waals surface area contributed by atoms with E-state index < -0.39 is 17.5 Å². The van der Waals surface area contributed by atoms with E-state index in [4.69, 9.17) is 4.74 Å². The Morgan fingerprint density at radius 1 is 1.07 bits per heavy atom. The lowest BCUT2D eigenvalue weighted by Gasteiger charge is -2.22. The number of rotatable bonds is 5. The Morgan fingerprint density at radius 2 is 1.75 bits per heavy atom. The molecule has 1 heterocycles. The lowest BCUT2D eigenvalue weighted by Crippen LogP contribution is -2.41. The molecule has 0 radical (unpaired) electrons. The van der Waals surface area contributed by atoms with Crippen molar-refractivity contribution in [3.8, 4) is 5.75 Å². The number of hydrogen-bond donors (Lipinski definition) is 1. The first-order chi connectivity index (χ1) is 13.2. The van der Waals surface area contributed by atoms with Crippen LogP contribution >= 0.6 is 0 Å². The summed E-state index contributed by atoms with van der Waals surface area (Å²) in [7, 11) is 1.54. The fourth-order valence-corrected chi connectivity index (χ4v) is 3.46. The Balaban J connectivity index is 1.88. The van der Waals surface area contributed by atoms with Gasteiger partial charge in [0.15, 0.2) is 5.78 Å². The van der Waals surface area contributed by atoms with Gasteiger partial charge in [0.25, 0.3) is 5.91 Å². The summed E-state index contributed by atoms with van der Waals surface area (Å²) in [6.45, 7) is 7.10. The standard InChI is InChI=1S/C22H24N2O4/c1-13-9-15(3)18(10-14(13)2)19(25)12-24-20(26)22(4,23-21(24)27)16-7-6-8-17(11-16)28-5/h6-11H,12H2,1-5H3,(H,23,27)/t22-/m1/s1. The zero-order chi connectivity index (χ0) is 20.6. The SMILES string of the molecule is COc1cccc([C@@]2(C)NC(=O)N(CC(=O)c3cc(C)c(C)cc3C)C2=O)c1. The quantitative estimate of drug-likeness (QED) is 0.638. The monoisotopic (exact) mass is 380 g/mol. The molecular weight excluding hydrogens is 356 g/mol. The predicted octanol–water partition coefficient (Wildman–Crippen LogP) is 3.27. The molecule has 1 N–H and O–H groups in total. The first-order valence-electron chi connectivity index (χ1n) is 9.07. The van der Waals surface area contributed by atoms with E-state index in [1.54, 1.807) is 31.2 Å². The maximum absolute atomic E-state index is 13.1. The van der Waals surface area contributed by atoms with Gasteiger partial charge < -0.3 is 10.1 Å². The van der Waals surface area contributed by atoms with Crippen LogP contribution < -0.4 is 10.1 Å². The van der Waals surface area contributed by atoms with Crippen LogP contribution in [0.3, 0.4) is 0 Å². The van der Waals surface area contributed by atoms with E-state index in [2.05, 4.69) is 5.32 Å². The van der Waals surface area contributed by atoms with Gasteiger partial charge in [0, 0.05) is 5.56 Å². The number of hydrogen-bond acceptors (Lipinski definition) is 4. The van der Waals surface area contributed by atoms with Gasteiger partial charge in [-0.25, -0.2) is 4.79 Å². The normalized spacial score (nSPS) is 19.0. The highest BCUT2D eigenvalue weighted by Gasteiger charge is 2.49. The molecule has 0 bridgehead atoms. The van der Waals surface area contributed by atoms with Crippen LogP contribution in [-0.4, -0.2) is 36.3 Å². The molecular formula is C22H24N2O4. The topological polar surface area (TPSA) is 75.7 Å². The second-order valence-corrected chi connectivity index (χ2v) is 7.35. The lowest BCUT2D eigenvalue weighted by molar-refractivity contribution is -0.130. The number of ether oxygens (including phenoxy) is 1. The van der Waals surface area contributed by atoms with E-state index in [0.29, 0.717) is 16.9 Å². The maximum atomic E-state index is 13.1. The van der Waals surface area contributed by atoms with Crippen LogP contribution in [-0.2, 0) is 10.3 Å². The average Bonchev–Trinajstić information content (AvgIpc) is 2.88. The molecule has 2 aromatic carbocycles. The molecule has 1 aliphatic rings. The van der Waals surface area contributed by atoms with Crippen LogP contribution in [0.2, 0.25) is 0 Å². The van der Waals surface area contributed by atoms with E-state index in [0.717, 1.165) is 21.6 Å². The smallest absolute Gasteiger partial charge is 0.325 e. The molecule has 0 spiro atoms. The predicted molar refractivity (Wildman–Crippen MR) is 106 cm³/mol. The summed E-state index contributed by atoms with van der Waals surface area (Å²) in [5, 5.41) is 2.72. The third-order valence-electron chi connectivity index (χ3n) is 5.36. The second kappa shape index (κ2) is 7.11. The van der Waals surface area contributed by atoms with Gasteiger partial charge in [-0.2, -0.15) is 0 Å². The second-order valence-electron chi connectivity index (χ2n) is 7.35. The van der Waals surface area contributed by atoms with Crippen molar-refractivity contribution in [3.05, 3.63) is 64.2 Å². The molecule has 1 fully saturated rings. The number of Topliss-reactive ketones (excluding diaryl/α,β-unsaturated/α-hetero) is 1. The number of nitrogens with one attached hydrogen (secondary N) is 1. The van der Waals surface area contributed by atoms with Crippen LogP contribution in [0.4, 0.5) is 4.79 Å². The van der Waals surface area contributed by atoms with E-state index in [-0.39, 0.29) is 12.3 Å². The third-order valence-corrected chi connectivity index (χ3v) is 5.36. The van der Waals surface area contributed by atoms with Crippen molar-refractivity contribution in [1.82, 2.24) is 10.2 Å². The third kappa shape index (κ3) is 3.26. The number of carbonyl (C=O) groups excluding carboxylic acids is 3. The highest BCUT2D eigenvalue weighted by molar-refractivity contribution is 6.11. The van der Waals surface area contributed by atoms with Crippen molar-refractivity contribution in [3.63, 3.8) is 0 Å². The van der Waals surface area contributed by atoms with Crippen LogP contribution in [0.1, 0.15) is 39.5 Å². The van der Waals surface area contributed by atoms with Gasteiger partial charge in [0.2, 0.25) is 0 Å². The van der Waals surface area contributed by atoms with Crippen LogP contribution in [0.15, 0.2) is 36.4 Å². The summed E-state index contributed by atoms with van der Waals surface area (Å²) in [4.78, 5) is 39.4. The Bertz CT molecular complexity index is 982. The fourth-order valence-electron chi connectivity index (χ4n) is 3.46. The molecule has 6 heteroatoms. The van der Waals surface area contributed by atoms with Gasteiger partial charge >= 0.3 is 6.03 Å². The van der Waals surface area contributed by atoms with Crippen molar-refractivity contribution < 1.29 is 19.1 Å². The van der Waals surface area contributed by atoms with Gasteiger partial charge in [0.05, 0.1) is 13.7 Å². The number of benzene rings is 2. The van der Waals surface area contributed by atoms with Crippen molar-refractivity contribution in [2.24, 2.45) is 0 Å². The molecule has 0 saturated carbocycles. The van der Waals surface area contributed by atoms with E-state index >= 15 is 0 Å². The first kappa shape index (κ1) is 19.6. The van der Waals surface area contributed by atoms with Gasteiger partial charge in [0.1, 0.15) is 11.3 Å². The van der Waals surface area contributed by atoms with Crippen molar-refractivity contribution in [2.45, 2.75) is 33.2 Å². The minimum Gasteiger partial charge on any atom is -0.497 e. The van der Waals surface area contributed by atoms with Gasteiger partial charge in [-0.05, 0) is 68.1 Å². The Labute approximate surface area is 164 Å². The van der Waals surface area contributed by atoms with Crippen molar-refractivity contribution in [1.29, 1.82) is 0 Å². The Kier molecular flexibility index (Phi) is 4.98. The number of carbonyl (C=O) groups is 3. The molecule has 0 aromatic heterocycles. The van der Waals surface area contributed by atoms with Crippen LogP contribution in [0, 0.1) is 20.8 Å². The summed E-state index contributed by atoms with van der Waals surface area (Å²) in [5.74, 6) is -0.138.